The number of allylic oxidation sites excluding steroid dienone is 3. The number of benzene rings is 1. The van der Waals surface area contributed by atoms with E-state index in [1.54, 1.807) is 47.3 Å². The van der Waals surface area contributed by atoms with Gasteiger partial charge in [-0.05, 0) is 0 Å². The van der Waals surface area contributed by atoms with E-state index in [2.05, 4.69) is 10.2 Å². The van der Waals surface area contributed by atoms with E-state index in [0.29, 0.717) is 30.9 Å². The molecule has 1 fully saturated rings. The number of amides is 2. The van der Waals surface area contributed by atoms with Crippen LogP contribution in [0.2, 0.25) is 0 Å². The van der Waals surface area contributed by atoms with Gasteiger partial charge in [0.1, 0.15) is 0 Å². The Labute approximate surface area is 238 Å². The van der Waals surface area contributed by atoms with Crippen molar-refractivity contribution >= 4 is 38.2 Å². The minimum atomic E-state index is -0.633. The first-order chi connectivity index (χ1) is 18.0. The van der Waals surface area contributed by atoms with E-state index in [0.717, 1.165) is 25.7 Å². The molecule has 1 N–H and O–H groups in total. The normalized spacial score (nSPS) is 22.1. The van der Waals surface area contributed by atoms with Crippen molar-refractivity contribution in [3.8, 4) is 0 Å². The monoisotopic (exact) mass is 751 g/mol. The van der Waals surface area contributed by atoms with Crippen molar-refractivity contribution in [2.45, 2.75) is 44.6 Å². The molecule has 1 aromatic carbocycles. The molecule has 4 aliphatic rings. The van der Waals surface area contributed by atoms with Crippen molar-refractivity contribution in [2.24, 2.45) is 0 Å². The number of likely N-dealkylation sites (N-methyl/N-ethyl adjacent to an activating group) is 1. The Morgan fingerprint density at radius 3 is 2.63 bits per heavy atom. The molecule has 38 heavy (non-hydrogen) atoms. The van der Waals surface area contributed by atoms with Gasteiger partial charge in [-0.15, -0.1) is 0 Å². The predicted octanol–water partition coefficient (Wildman–Crippen LogP) is 1.67. The molecule has 0 atom stereocenters. The first-order valence-corrected chi connectivity index (χ1v) is 20.9. The second-order valence-electron chi connectivity index (χ2n) is 10.8. The Bertz CT molecular complexity index is 1290. The summed E-state index contributed by atoms with van der Waals surface area (Å²) in [5.74, 6) is -0.658. The van der Waals surface area contributed by atoms with E-state index in [1.165, 1.54) is 6.07 Å². The van der Waals surface area contributed by atoms with Crippen LogP contribution in [0.25, 0.3) is 0 Å². The molecular formula is C27H31F2I2N4O3-. The van der Waals surface area contributed by atoms with Gasteiger partial charge in [0.15, 0.2) is 0 Å². The first-order valence-electron chi connectivity index (χ1n) is 12.5. The summed E-state index contributed by atoms with van der Waals surface area (Å²) < 4.78 is 36.5. The van der Waals surface area contributed by atoms with Crippen LogP contribution in [0.4, 0.5) is 19.3 Å². The number of hydrogen-bond donors (Lipinski definition) is 1. The number of carbonyl (C=O) groups is 2. The predicted molar refractivity (Wildman–Crippen MR) is 148 cm³/mol. The van der Waals surface area contributed by atoms with Crippen molar-refractivity contribution in [1.29, 1.82) is 0 Å². The second kappa shape index (κ2) is 10.6. The molecule has 4 heterocycles. The van der Waals surface area contributed by atoms with Gasteiger partial charge in [0.2, 0.25) is 0 Å². The quantitative estimate of drug-likeness (QED) is 0.467. The van der Waals surface area contributed by atoms with Gasteiger partial charge < -0.3 is 0 Å². The fourth-order valence-electron chi connectivity index (χ4n) is 5.16. The van der Waals surface area contributed by atoms with Crippen molar-refractivity contribution in [3.63, 3.8) is 0 Å². The fraction of sp³-hybridized carbons (Fsp3) is 0.444. The summed E-state index contributed by atoms with van der Waals surface area (Å²) >= 11 is -1.00. The number of carbonyl (C=O) groups excluding carboxylic acids is 2. The second-order valence-corrected chi connectivity index (χ2v) is 19.2. The zero-order chi connectivity index (χ0) is 27.2. The molecule has 206 valence electrons. The standard InChI is InChI=1S/C27H31F2I2N4O3/c1-26(2,3)38-25(37)35-16-27(19-13-17(28)5-6-22(19)35)8-11-34(12-9-27)24-31-30-21(14-23(36)33(24)4)18-7-10-32-15-20(18)29/h5-7,10,13-14,32H,8-9,11-12,15-16H2,1-4H3/q-1. The summed E-state index contributed by atoms with van der Waals surface area (Å²) in [5, 5.41) is 2.87. The summed E-state index contributed by atoms with van der Waals surface area (Å²) in [4.78, 5) is 31.8. The summed E-state index contributed by atoms with van der Waals surface area (Å²) in [6.45, 7) is 7.50. The van der Waals surface area contributed by atoms with E-state index in [1.807, 2.05) is 20.8 Å². The van der Waals surface area contributed by atoms with Crippen LogP contribution in [0.5, 0.6) is 0 Å². The zero-order valence-corrected chi connectivity index (χ0v) is 26.1. The summed E-state index contributed by atoms with van der Waals surface area (Å²) in [6, 6.07) is 4.63. The molecule has 7 nitrogen and oxygen atoms in total. The number of nitrogens with zero attached hydrogens (tertiary/aromatic N) is 3. The molecule has 0 unspecified atom stereocenters. The number of nitrogens with one attached hydrogen (secondary N) is 1. The summed E-state index contributed by atoms with van der Waals surface area (Å²) in [5.41, 5.74) is 1.12. The summed E-state index contributed by atoms with van der Waals surface area (Å²) in [6.07, 6.45) is 6.11. The average Bonchev–Trinajstić information content (AvgIpc) is 3.08. The van der Waals surface area contributed by atoms with Crippen molar-refractivity contribution < 1.29 is 40.3 Å². The Hall–Kier alpha value is -1.87. The number of anilines is 1. The molecule has 0 saturated carbocycles. The van der Waals surface area contributed by atoms with Gasteiger partial charge in [-0.25, -0.2) is 0 Å². The molecule has 4 aliphatic heterocycles. The maximum absolute atomic E-state index is 14.5. The van der Waals surface area contributed by atoms with Gasteiger partial charge in [0.25, 0.3) is 0 Å². The molecule has 1 saturated heterocycles. The maximum atomic E-state index is 14.5. The van der Waals surface area contributed by atoms with Gasteiger partial charge in [-0.2, -0.15) is 0 Å². The molecule has 0 aromatic heterocycles. The van der Waals surface area contributed by atoms with Gasteiger partial charge >= 0.3 is 239 Å². The van der Waals surface area contributed by atoms with E-state index >= 15 is 0 Å². The number of rotatable bonds is 2. The molecule has 0 bridgehead atoms. The van der Waals surface area contributed by atoms with Crippen LogP contribution >= 0.6 is 16.8 Å². The van der Waals surface area contributed by atoms with Gasteiger partial charge in [-0.1, -0.05) is 0 Å². The molecule has 5 rings (SSSR count). The van der Waals surface area contributed by atoms with Crippen molar-refractivity contribution in [1.82, 2.24) is 15.1 Å². The number of piperidine rings is 1. The SMILES string of the molecule is CN1C(=O)C=C(C2=C(F)CNC=C2)[I-]I=C1N1CCC2(CC1)CN(C(=O)OC(C)(C)C)c1ccc(F)cc12. The van der Waals surface area contributed by atoms with Crippen LogP contribution < -0.4 is 27.4 Å². The van der Waals surface area contributed by atoms with Crippen molar-refractivity contribution in [2.75, 3.05) is 38.1 Å². The Morgan fingerprint density at radius 1 is 1.21 bits per heavy atom. The number of dihydropyridines is 1. The third-order valence-electron chi connectivity index (χ3n) is 7.09. The number of hydrogen-bond acceptors (Lipinski definition) is 5. The van der Waals surface area contributed by atoms with Crippen molar-refractivity contribution in [3.05, 3.63) is 62.9 Å². The number of fused-ring (bicyclic) bond motifs is 2. The molecule has 0 radical (unpaired) electrons. The van der Waals surface area contributed by atoms with Gasteiger partial charge in [0.05, 0.1) is 0 Å². The Balaban J connectivity index is 1.36. The summed E-state index contributed by atoms with van der Waals surface area (Å²) in [7, 11) is 1.80. The number of likely N-dealkylation sites (tertiary alicyclic amines) is 1. The van der Waals surface area contributed by atoms with Crippen LogP contribution in [0, 0.1) is 5.82 Å². The van der Waals surface area contributed by atoms with E-state index in [4.69, 9.17) is 4.74 Å². The number of halogens is 4. The van der Waals surface area contributed by atoms with Gasteiger partial charge in [-0.3, -0.25) is 0 Å². The third kappa shape index (κ3) is 5.42. The molecular weight excluding hydrogens is 720 g/mol. The molecule has 11 heteroatoms. The fourth-order valence-corrected chi connectivity index (χ4v) is 16.4. The van der Waals surface area contributed by atoms with E-state index in [-0.39, 0.29) is 29.5 Å². The molecule has 2 amide bonds. The van der Waals surface area contributed by atoms with Crippen LogP contribution in [0.1, 0.15) is 39.2 Å². The molecule has 0 aliphatic carbocycles. The average molecular weight is 751 g/mol. The zero-order valence-electron chi connectivity index (χ0n) is 21.8. The topological polar surface area (TPSA) is 65.1 Å². The first kappa shape index (κ1) is 27.7. The molecule has 1 spiro atoms. The third-order valence-corrected chi connectivity index (χ3v) is 17.2. The van der Waals surface area contributed by atoms with Crippen LogP contribution in [0.15, 0.2) is 51.5 Å². The van der Waals surface area contributed by atoms with Gasteiger partial charge in [0, 0.05) is 0 Å². The molecule has 1 aromatic rings. The number of ether oxygens (including phenoxy) is 1. The van der Waals surface area contributed by atoms with E-state index < -0.39 is 45.7 Å². The Kier molecular flexibility index (Phi) is 7.72. The minimum absolute atomic E-state index is 0.121. The van der Waals surface area contributed by atoms with Crippen LogP contribution in [-0.2, 0) is 14.9 Å². The van der Waals surface area contributed by atoms with Crippen LogP contribution in [-0.4, -0.2) is 64.4 Å². The van der Waals surface area contributed by atoms with Crippen LogP contribution in [0.3, 0.4) is 0 Å². The van der Waals surface area contributed by atoms with E-state index in [9.17, 15) is 18.4 Å². The Morgan fingerprint density at radius 2 is 1.95 bits per heavy atom.